The second kappa shape index (κ2) is 5.02. The number of nitrogen functional groups attached to an aromatic ring is 1. The number of alkyl halides is 2. The zero-order valence-corrected chi connectivity index (χ0v) is 9.88. The van der Waals surface area contributed by atoms with Crippen molar-refractivity contribution >= 4 is 17.0 Å². The number of benzene rings is 1. The summed E-state index contributed by atoms with van der Waals surface area (Å²) in [4.78, 5) is 1.15. The predicted octanol–water partition coefficient (Wildman–Crippen LogP) is 3.47. The lowest BCUT2D eigenvalue weighted by molar-refractivity contribution is -0.0498. The lowest BCUT2D eigenvalue weighted by atomic mass is 10.2. The van der Waals surface area contributed by atoms with Gasteiger partial charge in [-0.25, -0.2) is 0 Å². The molecule has 0 bridgehead atoms. The van der Waals surface area contributed by atoms with Gasteiger partial charge < -0.3 is 10.5 Å². The summed E-state index contributed by atoms with van der Waals surface area (Å²) in [5.74, 6) is 0.0768. The van der Waals surface area contributed by atoms with Crippen molar-refractivity contribution in [2.45, 2.75) is 6.61 Å². The van der Waals surface area contributed by atoms with E-state index in [1.54, 1.807) is 18.2 Å². The van der Waals surface area contributed by atoms with E-state index < -0.39 is 6.61 Å². The topological polar surface area (TPSA) is 59.0 Å². The van der Waals surface area contributed by atoms with Gasteiger partial charge in [-0.2, -0.15) is 14.0 Å². The average molecular weight is 266 g/mol. The molecule has 0 saturated heterocycles. The van der Waals surface area contributed by atoms with Gasteiger partial charge in [0, 0.05) is 4.88 Å². The maximum atomic E-state index is 12.1. The van der Waals surface area contributed by atoms with Gasteiger partial charge in [0.25, 0.3) is 0 Å². The Morgan fingerprint density at radius 3 is 2.72 bits per heavy atom. The predicted molar refractivity (Wildman–Crippen MR) is 65.5 cm³/mol. The number of hydrogen-bond donors (Lipinski definition) is 1. The molecular weight excluding hydrogens is 258 g/mol. The van der Waals surface area contributed by atoms with E-state index >= 15 is 0 Å². The van der Waals surface area contributed by atoms with Crippen LogP contribution < -0.4 is 10.5 Å². The summed E-state index contributed by atoms with van der Waals surface area (Å²) in [7, 11) is 0. The Balaban J connectivity index is 2.35. The molecule has 0 aliphatic carbocycles. The number of hydrogen-bond acceptors (Lipinski definition) is 4. The Morgan fingerprint density at radius 1 is 1.33 bits per heavy atom. The van der Waals surface area contributed by atoms with E-state index in [1.165, 1.54) is 23.5 Å². The van der Waals surface area contributed by atoms with Gasteiger partial charge >= 0.3 is 6.61 Å². The third kappa shape index (κ3) is 2.57. The standard InChI is InChI=1S/C12H8F2N2OS/c13-12(14)17-8-3-1-2-7(4-8)10-5-9(16)11(6-15)18-10/h1-5,12H,16H2. The van der Waals surface area contributed by atoms with Crippen molar-refractivity contribution in [2.24, 2.45) is 0 Å². The molecule has 18 heavy (non-hydrogen) atoms. The van der Waals surface area contributed by atoms with Crippen molar-refractivity contribution < 1.29 is 13.5 Å². The Labute approximate surface area is 106 Å². The van der Waals surface area contributed by atoms with Crippen molar-refractivity contribution in [3.8, 4) is 22.3 Å². The number of nitrogens with zero attached hydrogens (tertiary/aromatic N) is 1. The fourth-order valence-corrected chi connectivity index (χ4v) is 2.33. The van der Waals surface area contributed by atoms with E-state index in [0.29, 0.717) is 16.1 Å². The summed E-state index contributed by atoms with van der Waals surface area (Å²) in [5, 5.41) is 8.81. The highest BCUT2D eigenvalue weighted by atomic mass is 32.1. The van der Waals surface area contributed by atoms with Gasteiger partial charge in [0.2, 0.25) is 0 Å². The molecule has 2 N–H and O–H groups in total. The van der Waals surface area contributed by atoms with E-state index in [2.05, 4.69) is 4.74 Å². The molecule has 0 atom stereocenters. The molecule has 92 valence electrons. The number of nitrogens with two attached hydrogens (primary N) is 1. The van der Waals surface area contributed by atoms with E-state index in [1.807, 2.05) is 6.07 Å². The molecule has 2 aromatic rings. The van der Waals surface area contributed by atoms with Crippen molar-refractivity contribution in [3.05, 3.63) is 35.2 Å². The highest BCUT2D eigenvalue weighted by molar-refractivity contribution is 7.16. The van der Waals surface area contributed by atoms with E-state index in [4.69, 9.17) is 11.0 Å². The molecule has 0 saturated carbocycles. The summed E-state index contributed by atoms with van der Waals surface area (Å²) in [6, 6.07) is 9.89. The lowest BCUT2D eigenvalue weighted by Crippen LogP contribution is -2.01. The molecule has 6 heteroatoms. The number of rotatable bonds is 3. The van der Waals surface area contributed by atoms with Crippen LogP contribution in [0.2, 0.25) is 0 Å². The second-order valence-corrected chi connectivity index (χ2v) is 4.47. The van der Waals surface area contributed by atoms with Crippen LogP contribution in [0, 0.1) is 11.3 Å². The van der Waals surface area contributed by atoms with Crippen LogP contribution in [0.5, 0.6) is 5.75 Å². The molecule has 1 aromatic heterocycles. The number of anilines is 1. The molecule has 0 aliphatic rings. The minimum Gasteiger partial charge on any atom is -0.435 e. The summed E-state index contributed by atoms with van der Waals surface area (Å²) in [6.07, 6.45) is 0. The third-order valence-corrected chi connectivity index (χ3v) is 3.31. The number of ether oxygens (including phenoxy) is 1. The highest BCUT2D eigenvalue weighted by Gasteiger charge is 2.10. The zero-order chi connectivity index (χ0) is 13.1. The number of nitriles is 1. The molecule has 0 spiro atoms. The summed E-state index contributed by atoms with van der Waals surface area (Å²) in [5.41, 5.74) is 6.72. The number of halogens is 2. The van der Waals surface area contributed by atoms with E-state index in [9.17, 15) is 8.78 Å². The van der Waals surface area contributed by atoms with Crippen molar-refractivity contribution in [3.63, 3.8) is 0 Å². The van der Waals surface area contributed by atoms with Crippen LogP contribution in [-0.2, 0) is 0 Å². The minimum absolute atomic E-state index is 0.0768. The fraction of sp³-hybridized carbons (Fsp3) is 0.0833. The molecule has 0 fully saturated rings. The summed E-state index contributed by atoms with van der Waals surface area (Å²) < 4.78 is 28.5. The molecule has 0 unspecified atom stereocenters. The zero-order valence-electron chi connectivity index (χ0n) is 9.06. The normalized spacial score (nSPS) is 10.3. The van der Waals surface area contributed by atoms with Crippen LogP contribution in [0.4, 0.5) is 14.5 Å². The monoisotopic (exact) mass is 266 g/mol. The average Bonchev–Trinajstić information content (AvgIpc) is 2.70. The van der Waals surface area contributed by atoms with Crippen molar-refractivity contribution in [1.29, 1.82) is 5.26 Å². The Morgan fingerprint density at radius 2 is 2.11 bits per heavy atom. The Kier molecular flexibility index (Phi) is 3.44. The first-order valence-electron chi connectivity index (χ1n) is 4.95. The first-order chi connectivity index (χ1) is 8.60. The van der Waals surface area contributed by atoms with Crippen LogP contribution in [0.1, 0.15) is 4.88 Å². The van der Waals surface area contributed by atoms with Gasteiger partial charge in [-0.1, -0.05) is 12.1 Å². The summed E-state index contributed by atoms with van der Waals surface area (Å²) in [6.45, 7) is -2.86. The molecule has 1 heterocycles. The largest absolute Gasteiger partial charge is 0.435 e. The molecule has 3 nitrogen and oxygen atoms in total. The van der Waals surface area contributed by atoms with Gasteiger partial charge in [0.1, 0.15) is 16.7 Å². The third-order valence-electron chi connectivity index (χ3n) is 2.21. The summed E-state index contributed by atoms with van der Waals surface area (Å²) >= 11 is 1.21. The quantitative estimate of drug-likeness (QED) is 0.925. The van der Waals surface area contributed by atoms with Gasteiger partial charge in [-0.05, 0) is 23.8 Å². The SMILES string of the molecule is N#Cc1sc(-c2cccc(OC(F)F)c2)cc1N. The smallest absolute Gasteiger partial charge is 0.387 e. The fourth-order valence-electron chi connectivity index (χ4n) is 1.46. The van der Waals surface area contributed by atoms with Gasteiger partial charge in [0.15, 0.2) is 0 Å². The Bertz CT molecular complexity index is 604. The Hall–Kier alpha value is -2.13. The molecule has 1 aromatic carbocycles. The van der Waals surface area contributed by atoms with Crippen LogP contribution in [0.15, 0.2) is 30.3 Å². The van der Waals surface area contributed by atoms with Crippen LogP contribution in [0.3, 0.4) is 0 Å². The van der Waals surface area contributed by atoms with Crippen molar-refractivity contribution in [1.82, 2.24) is 0 Å². The van der Waals surface area contributed by atoms with Crippen molar-refractivity contribution in [2.75, 3.05) is 5.73 Å². The van der Waals surface area contributed by atoms with Gasteiger partial charge in [0.05, 0.1) is 5.69 Å². The maximum Gasteiger partial charge on any atom is 0.387 e. The van der Waals surface area contributed by atoms with Gasteiger partial charge in [-0.15, -0.1) is 11.3 Å². The molecule has 0 radical (unpaired) electrons. The molecule has 0 amide bonds. The molecule has 0 aliphatic heterocycles. The first kappa shape index (κ1) is 12.3. The minimum atomic E-state index is -2.86. The first-order valence-corrected chi connectivity index (χ1v) is 5.76. The molecular formula is C12H8F2N2OS. The lowest BCUT2D eigenvalue weighted by Gasteiger charge is -2.05. The highest BCUT2D eigenvalue weighted by Crippen LogP contribution is 2.34. The van der Waals surface area contributed by atoms with Crippen LogP contribution in [-0.4, -0.2) is 6.61 Å². The maximum absolute atomic E-state index is 12.1. The van der Waals surface area contributed by atoms with Crippen LogP contribution >= 0.6 is 11.3 Å². The molecule has 2 rings (SSSR count). The second-order valence-electron chi connectivity index (χ2n) is 3.41. The van der Waals surface area contributed by atoms with E-state index in [-0.39, 0.29) is 5.75 Å². The van der Waals surface area contributed by atoms with E-state index in [0.717, 1.165) is 4.88 Å². The number of thiophene rings is 1. The van der Waals surface area contributed by atoms with Crippen LogP contribution in [0.25, 0.3) is 10.4 Å². The van der Waals surface area contributed by atoms with Gasteiger partial charge in [-0.3, -0.25) is 0 Å².